The van der Waals surface area contributed by atoms with Gasteiger partial charge in [0, 0.05) is 17.7 Å². The fourth-order valence-electron chi connectivity index (χ4n) is 2.04. The normalized spacial score (nSPS) is 10.8. The minimum absolute atomic E-state index is 0.0566. The zero-order valence-electron chi connectivity index (χ0n) is 12.3. The van der Waals surface area contributed by atoms with Crippen LogP contribution in [0.25, 0.3) is 10.2 Å². The highest BCUT2D eigenvalue weighted by Gasteiger charge is 2.13. The van der Waals surface area contributed by atoms with E-state index >= 15 is 0 Å². The molecule has 0 aliphatic carbocycles. The molecular weight excluding hydrogens is 356 g/mol. The number of aromatic nitrogens is 1. The third-order valence-corrected chi connectivity index (χ3v) is 4.08. The highest BCUT2D eigenvalue weighted by molar-refractivity contribution is 7.22. The van der Waals surface area contributed by atoms with Crippen LogP contribution in [0.5, 0.6) is 5.75 Å². The number of hydrogen-bond donors (Lipinski definition) is 1. The monoisotopic (exact) mass is 365 g/mol. The Hall–Kier alpha value is -3.14. The first kappa shape index (κ1) is 16.7. The quantitative estimate of drug-likeness (QED) is 0.543. The van der Waals surface area contributed by atoms with E-state index in [0.29, 0.717) is 10.2 Å². The molecule has 0 unspecified atom stereocenters. The van der Waals surface area contributed by atoms with Gasteiger partial charge >= 0.3 is 6.61 Å². The summed E-state index contributed by atoms with van der Waals surface area (Å²) in [5.74, 6) is -0.545. The summed E-state index contributed by atoms with van der Waals surface area (Å²) >= 11 is 1.09. The van der Waals surface area contributed by atoms with Gasteiger partial charge in [-0.05, 0) is 30.3 Å². The van der Waals surface area contributed by atoms with Gasteiger partial charge in [0.05, 0.1) is 15.1 Å². The first-order valence-corrected chi connectivity index (χ1v) is 7.65. The highest BCUT2D eigenvalue weighted by Crippen LogP contribution is 2.29. The number of hydrogen-bond acceptors (Lipinski definition) is 6. The summed E-state index contributed by atoms with van der Waals surface area (Å²) < 4.78 is 29.0. The molecule has 3 aromatic rings. The fourth-order valence-corrected chi connectivity index (χ4v) is 2.93. The van der Waals surface area contributed by atoms with Crippen LogP contribution in [0.2, 0.25) is 0 Å². The molecule has 7 nitrogen and oxygen atoms in total. The van der Waals surface area contributed by atoms with Crippen molar-refractivity contribution in [2.75, 3.05) is 5.32 Å². The Labute approximate surface area is 143 Å². The van der Waals surface area contributed by atoms with Crippen LogP contribution in [0.15, 0.2) is 42.5 Å². The van der Waals surface area contributed by atoms with E-state index in [-0.39, 0.29) is 22.1 Å². The van der Waals surface area contributed by atoms with Crippen LogP contribution in [0.3, 0.4) is 0 Å². The first-order valence-electron chi connectivity index (χ1n) is 6.83. The van der Waals surface area contributed by atoms with Crippen molar-refractivity contribution < 1.29 is 23.2 Å². The molecule has 0 bridgehead atoms. The number of benzene rings is 2. The molecule has 2 aromatic carbocycles. The number of fused-ring (bicyclic) bond motifs is 1. The SMILES string of the molecule is O=C(Nc1nc2ccc([N+](=O)[O-])cc2s1)c1ccc(OC(F)F)cc1. The van der Waals surface area contributed by atoms with Gasteiger partial charge in [-0.1, -0.05) is 11.3 Å². The van der Waals surface area contributed by atoms with Gasteiger partial charge in [-0.3, -0.25) is 20.2 Å². The highest BCUT2D eigenvalue weighted by atomic mass is 32.1. The predicted molar refractivity (Wildman–Crippen MR) is 87.3 cm³/mol. The van der Waals surface area contributed by atoms with Crippen molar-refractivity contribution in [3.05, 3.63) is 58.1 Å². The van der Waals surface area contributed by atoms with Gasteiger partial charge in [-0.15, -0.1) is 0 Å². The van der Waals surface area contributed by atoms with E-state index in [1.54, 1.807) is 0 Å². The molecule has 0 radical (unpaired) electrons. The third kappa shape index (κ3) is 3.86. The van der Waals surface area contributed by atoms with E-state index in [1.165, 1.54) is 42.5 Å². The number of nitro benzene ring substituents is 1. The standard InChI is InChI=1S/C15H9F2N3O4S/c16-14(17)24-10-4-1-8(2-5-10)13(21)19-15-18-11-6-3-9(20(22)23)7-12(11)25-15/h1-7,14H,(H,18,19,21). The Bertz CT molecular complexity index is 944. The maximum Gasteiger partial charge on any atom is 0.387 e. The van der Waals surface area contributed by atoms with Gasteiger partial charge in [-0.2, -0.15) is 8.78 Å². The largest absolute Gasteiger partial charge is 0.435 e. The van der Waals surface area contributed by atoms with Crippen molar-refractivity contribution in [3.63, 3.8) is 0 Å². The third-order valence-electron chi connectivity index (χ3n) is 3.14. The summed E-state index contributed by atoms with van der Waals surface area (Å²) in [5, 5.41) is 13.6. The van der Waals surface area contributed by atoms with Crippen LogP contribution in [-0.4, -0.2) is 22.4 Å². The Morgan fingerprint density at radius 1 is 1.24 bits per heavy atom. The Kier molecular flexibility index (Phi) is 4.52. The summed E-state index contributed by atoms with van der Waals surface area (Å²) in [6, 6.07) is 9.38. The van der Waals surface area contributed by atoms with E-state index in [4.69, 9.17) is 0 Å². The van der Waals surface area contributed by atoms with Crippen LogP contribution >= 0.6 is 11.3 Å². The number of alkyl halides is 2. The number of thiazole rings is 1. The number of carbonyl (C=O) groups is 1. The number of amides is 1. The molecule has 0 spiro atoms. The molecule has 0 saturated carbocycles. The second-order valence-electron chi connectivity index (χ2n) is 4.79. The Morgan fingerprint density at radius 3 is 2.60 bits per heavy atom. The number of rotatable bonds is 5. The number of nitro groups is 1. The number of anilines is 1. The number of nitrogens with zero attached hydrogens (tertiary/aromatic N) is 2. The van der Waals surface area contributed by atoms with Crippen LogP contribution in [0.4, 0.5) is 19.6 Å². The predicted octanol–water partition coefficient (Wildman–Crippen LogP) is 4.06. The number of non-ortho nitro benzene ring substituents is 1. The molecule has 25 heavy (non-hydrogen) atoms. The summed E-state index contributed by atoms with van der Waals surface area (Å²) in [6.07, 6.45) is 0. The number of carbonyl (C=O) groups excluding carboxylic acids is 1. The summed E-state index contributed by atoms with van der Waals surface area (Å²) in [7, 11) is 0. The second-order valence-corrected chi connectivity index (χ2v) is 5.82. The van der Waals surface area contributed by atoms with Gasteiger partial charge < -0.3 is 4.74 Å². The average molecular weight is 365 g/mol. The lowest BCUT2D eigenvalue weighted by atomic mass is 10.2. The van der Waals surface area contributed by atoms with Gasteiger partial charge in [0.1, 0.15) is 5.75 Å². The smallest absolute Gasteiger partial charge is 0.387 e. The van der Waals surface area contributed by atoms with Crippen molar-refractivity contribution in [1.82, 2.24) is 4.98 Å². The zero-order valence-corrected chi connectivity index (χ0v) is 13.1. The Balaban J connectivity index is 1.76. The minimum atomic E-state index is -2.94. The first-order chi connectivity index (χ1) is 11.9. The summed E-state index contributed by atoms with van der Waals surface area (Å²) in [4.78, 5) is 26.6. The second kappa shape index (κ2) is 6.77. The van der Waals surface area contributed by atoms with Crippen LogP contribution in [-0.2, 0) is 0 Å². The maximum absolute atomic E-state index is 12.2. The molecule has 1 heterocycles. The summed E-state index contributed by atoms with van der Waals surface area (Å²) in [6.45, 7) is -2.94. The molecule has 0 fully saturated rings. The van der Waals surface area contributed by atoms with Gasteiger partial charge in [0.2, 0.25) is 0 Å². The van der Waals surface area contributed by atoms with Crippen molar-refractivity contribution >= 4 is 38.3 Å². The maximum atomic E-state index is 12.2. The number of halogens is 2. The van der Waals surface area contributed by atoms with E-state index in [1.807, 2.05) is 0 Å². The molecular formula is C15H9F2N3O4S. The van der Waals surface area contributed by atoms with Crippen LogP contribution in [0.1, 0.15) is 10.4 Å². The number of nitrogens with one attached hydrogen (secondary N) is 1. The molecule has 1 N–H and O–H groups in total. The lowest BCUT2D eigenvalue weighted by molar-refractivity contribution is -0.384. The topological polar surface area (TPSA) is 94.4 Å². The van der Waals surface area contributed by atoms with Gasteiger partial charge in [0.25, 0.3) is 11.6 Å². The zero-order chi connectivity index (χ0) is 18.0. The lowest BCUT2D eigenvalue weighted by Crippen LogP contribution is -2.11. The van der Waals surface area contributed by atoms with Crippen LogP contribution in [0, 0.1) is 10.1 Å². The van der Waals surface area contributed by atoms with E-state index in [9.17, 15) is 23.7 Å². The van der Waals surface area contributed by atoms with Crippen molar-refractivity contribution in [2.24, 2.45) is 0 Å². The lowest BCUT2D eigenvalue weighted by Gasteiger charge is -2.05. The van der Waals surface area contributed by atoms with Crippen molar-refractivity contribution in [3.8, 4) is 5.75 Å². The van der Waals surface area contributed by atoms with Gasteiger partial charge in [-0.25, -0.2) is 4.98 Å². The van der Waals surface area contributed by atoms with Crippen molar-refractivity contribution in [2.45, 2.75) is 6.61 Å². The molecule has 0 aliphatic heterocycles. The van der Waals surface area contributed by atoms with E-state index in [0.717, 1.165) is 11.3 Å². The molecule has 128 valence electrons. The van der Waals surface area contributed by atoms with Crippen molar-refractivity contribution in [1.29, 1.82) is 0 Å². The molecule has 10 heteroatoms. The average Bonchev–Trinajstić information content (AvgIpc) is 2.96. The molecule has 3 rings (SSSR count). The van der Waals surface area contributed by atoms with E-state index in [2.05, 4.69) is 15.0 Å². The van der Waals surface area contributed by atoms with E-state index < -0.39 is 17.4 Å². The molecule has 0 saturated heterocycles. The molecule has 1 aromatic heterocycles. The Morgan fingerprint density at radius 2 is 1.96 bits per heavy atom. The minimum Gasteiger partial charge on any atom is -0.435 e. The number of ether oxygens (including phenoxy) is 1. The molecule has 0 atom stereocenters. The molecule has 1 amide bonds. The summed E-state index contributed by atoms with van der Waals surface area (Å²) in [5.41, 5.74) is 0.682. The fraction of sp³-hybridized carbons (Fsp3) is 0.0667. The van der Waals surface area contributed by atoms with Gasteiger partial charge in [0.15, 0.2) is 5.13 Å². The molecule has 0 aliphatic rings. The van der Waals surface area contributed by atoms with Crippen LogP contribution < -0.4 is 10.1 Å².